The average molecular weight is 474 g/mol. The third kappa shape index (κ3) is 4.62. The molecule has 1 aromatic heterocycles. The van der Waals surface area contributed by atoms with Gasteiger partial charge >= 0.3 is 0 Å². The predicted molar refractivity (Wildman–Crippen MR) is 133 cm³/mol. The van der Waals surface area contributed by atoms with Crippen molar-refractivity contribution in [2.75, 3.05) is 23.3 Å². The summed E-state index contributed by atoms with van der Waals surface area (Å²) in [5.74, 6) is -0.146. The molecule has 3 aromatic carbocycles. The van der Waals surface area contributed by atoms with E-state index in [0.29, 0.717) is 5.56 Å². The fourth-order valence-corrected chi connectivity index (χ4v) is 3.94. The number of carbonyl (C=O) groups excluding carboxylic acids is 1. The van der Waals surface area contributed by atoms with E-state index in [1.807, 2.05) is 78.9 Å². The van der Waals surface area contributed by atoms with Crippen LogP contribution in [0.1, 0.15) is 24.2 Å². The first-order chi connectivity index (χ1) is 15.1. The number of carbonyl (C=O) groups is 1. The minimum Gasteiger partial charge on any atom is -0.372 e. The molecule has 0 spiro atoms. The lowest BCUT2D eigenvalue weighted by Gasteiger charge is -2.21. The second-order valence-corrected chi connectivity index (χ2v) is 8.17. The van der Waals surface area contributed by atoms with Gasteiger partial charge in [0.15, 0.2) is 0 Å². The summed E-state index contributed by atoms with van der Waals surface area (Å²) in [6.07, 6.45) is 0. The number of rotatable bonds is 6. The van der Waals surface area contributed by atoms with Crippen LogP contribution in [-0.4, -0.2) is 24.0 Å². The van der Waals surface area contributed by atoms with Crippen LogP contribution in [0.5, 0.6) is 0 Å². The molecule has 1 N–H and O–H groups in total. The van der Waals surface area contributed by atoms with E-state index in [0.717, 1.165) is 51.1 Å². The largest absolute Gasteiger partial charge is 0.372 e. The smallest absolute Gasteiger partial charge is 0.256 e. The maximum Gasteiger partial charge on any atom is 0.256 e. The highest BCUT2D eigenvalue weighted by Crippen LogP contribution is 2.27. The fraction of sp³-hybridized carbons (Fsp3) is 0.154. The van der Waals surface area contributed by atoms with Crippen LogP contribution in [0.25, 0.3) is 22.2 Å². The molecule has 5 heteroatoms. The molecule has 4 nitrogen and oxygen atoms in total. The Morgan fingerprint density at radius 1 is 0.935 bits per heavy atom. The Kier molecular flexibility index (Phi) is 6.33. The Hall–Kier alpha value is -3.18. The number of nitrogens with one attached hydrogen (secondary N) is 1. The van der Waals surface area contributed by atoms with Crippen molar-refractivity contribution in [1.29, 1.82) is 0 Å². The number of halogens is 1. The number of benzene rings is 3. The Morgan fingerprint density at radius 3 is 2.29 bits per heavy atom. The summed E-state index contributed by atoms with van der Waals surface area (Å²) in [5, 5.41) is 3.88. The van der Waals surface area contributed by atoms with Crippen LogP contribution in [0.2, 0.25) is 0 Å². The number of aromatic nitrogens is 1. The second-order valence-electron chi connectivity index (χ2n) is 7.25. The molecule has 0 fully saturated rings. The minimum atomic E-state index is -0.146. The minimum absolute atomic E-state index is 0.146. The molecule has 0 aliphatic rings. The van der Waals surface area contributed by atoms with Crippen LogP contribution in [0.3, 0.4) is 0 Å². The van der Waals surface area contributed by atoms with E-state index in [1.165, 1.54) is 0 Å². The van der Waals surface area contributed by atoms with Crippen LogP contribution >= 0.6 is 15.9 Å². The molecule has 156 valence electrons. The van der Waals surface area contributed by atoms with E-state index in [4.69, 9.17) is 4.98 Å². The van der Waals surface area contributed by atoms with Gasteiger partial charge in [-0.15, -0.1) is 0 Å². The normalized spacial score (nSPS) is 10.8. The van der Waals surface area contributed by atoms with Crippen LogP contribution in [0.4, 0.5) is 11.4 Å². The first-order valence-corrected chi connectivity index (χ1v) is 11.2. The van der Waals surface area contributed by atoms with Crippen molar-refractivity contribution in [2.45, 2.75) is 13.8 Å². The van der Waals surface area contributed by atoms with Crippen molar-refractivity contribution >= 4 is 44.1 Å². The molecule has 1 amide bonds. The SMILES string of the molecule is CCN(CC)c1ccc(NC(=O)c2cc(-c3ccc(Br)cc3)nc3ccccc23)cc1. The molecule has 4 aromatic rings. The number of amides is 1. The highest BCUT2D eigenvalue weighted by atomic mass is 79.9. The van der Waals surface area contributed by atoms with Gasteiger partial charge in [-0.25, -0.2) is 4.98 Å². The molecule has 0 radical (unpaired) electrons. The molecule has 0 bridgehead atoms. The summed E-state index contributed by atoms with van der Waals surface area (Å²) in [5.41, 5.74) is 5.06. The van der Waals surface area contributed by atoms with Crippen LogP contribution in [-0.2, 0) is 0 Å². The Morgan fingerprint density at radius 2 is 1.61 bits per heavy atom. The van der Waals surface area contributed by atoms with E-state index < -0.39 is 0 Å². The van der Waals surface area contributed by atoms with Crippen molar-refractivity contribution in [3.63, 3.8) is 0 Å². The van der Waals surface area contributed by atoms with E-state index in [-0.39, 0.29) is 5.91 Å². The zero-order chi connectivity index (χ0) is 21.8. The molecular formula is C26H24BrN3O. The second kappa shape index (κ2) is 9.31. The van der Waals surface area contributed by atoms with Gasteiger partial charge in [-0.1, -0.05) is 46.3 Å². The highest BCUT2D eigenvalue weighted by molar-refractivity contribution is 9.10. The molecule has 31 heavy (non-hydrogen) atoms. The highest BCUT2D eigenvalue weighted by Gasteiger charge is 2.14. The molecule has 1 heterocycles. The lowest BCUT2D eigenvalue weighted by molar-refractivity contribution is 0.102. The number of anilines is 2. The van der Waals surface area contributed by atoms with Gasteiger partial charge in [-0.2, -0.15) is 0 Å². The van der Waals surface area contributed by atoms with Gasteiger partial charge in [-0.05, 0) is 62.4 Å². The van der Waals surface area contributed by atoms with Gasteiger partial charge in [0.05, 0.1) is 16.8 Å². The molecule has 0 saturated carbocycles. The Labute approximate surface area is 191 Å². The van der Waals surface area contributed by atoms with Gasteiger partial charge in [0.1, 0.15) is 0 Å². The first kappa shape index (κ1) is 21.1. The maximum atomic E-state index is 13.2. The number of nitrogens with zero attached hydrogens (tertiary/aromatic N) is 2. The summed E-state index contributed by atoms with van der Waals surface area (Å²) in [7, 11) is 0. The van der Waals surface area contributed by atoms with Crippen LogP contribution < -0.4 is 10.2 Å². The monoisotopic (exact) mass is 473 g/mol. The van der Waals surface area contributed by atoms with Gasteiger partial charge in [0.2, 0.25) is 0 Å². The summed E-state index contributed by atoms with van der Waals surface area (Å²) < 4.78 is 1.00. The van der Waals surface area contributed by atoms with Crippen LogP contribution in [0.15, 0.2) is 83.3 Å². The average Bonchev–Trinajstić information content (AvgIpc) is 2.80. The van der Waals surface area contributed by atoms with Crippen LogP contribution in [0, 0.1) is 0 Å². The third-order valence-corrected chi connectivity index (χ3v) is 5.88. The first-order valence-electron chi connectivity index (χ1n) is 10.4. The summed E-state index contributed by atoms with van der Waals surface area (Å²) in [6, 6.07) is 25.5. The van der Waals surface area contributed by atoms with E-state index in [2.05, 4.69) is 40.0 Å². The van der Waals surface area contributed by atoms with E-state index in [9.17, 15) is 4.79 Å². The van der Waals surface area contributed by atoms with Crippen molar-refractivity contribution in [3.05, 3.63) is 88.9 Å². The molecular weight excluding hydrogens is 450 g/mol. The van der Waals surface area contributed by atoms with Crippen molar-refractivity contribution < 1.29 is 4.79 Å². The molecule has 0 unspecified atom stereocenters. The zero-order valence-corrected chi connectivity index (χ0v) is 19.2. The summed E-state index contributed by atoms with van der Waals surface area (Å²) in [4.78, 5) is 20.3. The summed E-state index contributed by atoms with van der Waals surface area (Å²) >= 11 is 3.47. The molecule has 0 atom stereocenters. The molecule has 0 aliphatic carbocycles. The quantitative estimate of drug-likeness (QED) is 0.336. The van der Waals surface area contributed by atoms with Gasteiger partial charge in [0.25, 0.3) is 5.91 Å². The number of para-hydroxylation sites is 1. The maximum absolute atomic E-state index is 13.2. The number of pyridine rings is 1. The van der Waals surface area contributed by atoms with Crippen molar-refractivity contribution in [1.82, 2.24) is 4.98 Å². The number of hydrogen-bond donors (Lipinski definition) is 1. The number of hydrogen-bond acceptors (Lipinski definition) is 3. The zero-order valence-electron chi connectivity index (χ0n) is 17.6. The van der Waals surface area contributed by atoms with Gasteiger partial charge in [-0.3, -0.25) is 4.79 Å². The van der Waals surface area contributed by atoms with Gasteiger partial charge < -0.3 is 10.2 Å². The van der Waals surface area contributed by atoms with Crippen molar-refractivity contribution in [3.8, 4) is 11.3 Å². The van der Waals surface area contributed by atoms with E-state index >= 15 is 0 Å². The third-order valence-electron chi connectivity index (χ3n) is 5.35. The summed E-state index contributed by atoms with van der Waals surface area (Å²) in [6.45, 7) is 6.17. The van der Waals surface area contributed by atoms with E-state index in [1.54, 1.807) is 0 Å². The Balaban J connectivity index is 1.68. The number of fused-ring (bicyclic) bond motifs is 1. The molecule has 4 rings (SSSR count). The lowest BCUT2D eigenvalue weighted by atomic mass is 10.0. The molecule has 0 aliphatic heterocycles. The predicted octanol–water partition coefficient (Wildman–Crippen LogP) is 6.76. The van der Waals surface area contributed by atoms with Gasteiger partial charge in [0, 0.05) is 39.9 Å². The Bertz CT molecular complexity index is 1200. The topological polar surface area (TPSA) is 45.2 Å². The van der Waals surface area contributed by atoms with Crippen molar-refractivity contribution in [2.24, 2.45) is 0 Å². The standard InChI is InChI=1S/C26H24BrN3O/c1-3-30(4-2)21-15-13-20(14-16-21)28-26(31)23-17-25(18-9-11-19(27)12-10-18)29-24-8-6-5-7-22(23)24/h5-17H,3-4H2,1-2H3,(H,28,31). The fourth-order valence-electron chi connectivity index (χ4n) is 3.67. The molecule has 0 saturated heterocycles. The lowest BCUT2D eigenvalue weighted by Crippen LogP contribution is -2.21.